The van der Waals surface area contributed by atoms with Gasteiger partial charge in [0, 0.05) is 16.9 Å². The van der Waals surface area contributed by atoms with Crippen molar-refractivity contribution in [3.8, 4) is 0 Å². The molecule has 0 spiro atoms. The second-order valence-corrected chi connectivity index (χ2v) is 5.49. The molecule has 0 amide bonds. The van der Waals surface area contributed by atoms with Crippen LogP contribution in [-0.4, -0.2) is 18.7 Å². The number of halogens is 1. The molecule has 2 rings (SSSR count). The number of aliphatic hydroxyl groups is 1. The summed E-state index contributed by atoms with van der Waals surface area (Å²) < 4.78 is 1.02. The third-order valence-corrected chi connectivity index (χ3v) is 3.77. The fourth-order valence-electron chi connectivity index (χ4n) is 2.22. The lowest BCUT2D eigenvalue weighted by Crippen LogP contribution is -2.23. The molecule has 0 saturated carbocycles. The van der Waals surface area contributed by atoms with Crippen LogP contribution in [0.1, 0.15) is 23.1 Å². The van der Waals surface area contributed by atoms with Gasteiger partial charge in [-0.25, -0.2) is 0 Å². The van der Waals surface area contributed by atoms with E-state index in [0.717, 1.165) is 22.1 Å². The normalized spacial score (nSPS) is 14.1. The highest BCUT2D eigenvalue weighted by atomic mass is 79.9. The standard InChI is InChI=1S/C16H18BrNO/c1-18-11-15(12-5-3-2-4-6-12)16(19)13-7-9-14(17)10-8-13/h2-10,15-16,18-19H,11H2,1H3/t15?,16-/m1/s1. The maximum absolute atomic E-state index is 10.6. The summed E-state index contributed by atoms with van der Waals surface area (Å²) in [6.45, 7) is 0.737. The lowest BCUT2D eigenvalue weighted by Gasteiger charge is -2.23. The van der Waals surface area contributed by atoms with E-state index in [1.807, 2.05) is 49.5 Å². The molecule has 0 aliphatic rings. The van der Waals surface area contributed by atoms with Gasteiger partial charge in [0.2, 0.25) is 0 Å². The number of likely N-dealkylation sites (N-methyl/N-ethyl adjacent to an activating group) is 1. The Morgan fingerprint density at radius 1 is 1.00 bits per heavy atom. The van der Waals surface area contributed by atoms with Crippen molar-refractivity contribution in [3.05, 3.63) is 70.2 Å². The number of hydrogen-bond donors (Lipinski definition) is 2. The second kappa shape index (κ2) is 6.85. The Hall–Kier alpha value is -1.16. The van der Waals surface area contributed by atoms with Crippen LogP contribution in [0.15, 0.2) is 59.1 Å². The van der Waals surface area contributed by atoms with Gasteiger partial charge in [0.1, 0.15) is 0 Å². The van der Waals surface area contributed by atoms with E-state index in [1.165, 1.54) is 0 Å². The van der Waals surface area contributed by atoms with Crippen LogP contribution in [0.4, 0.5) is 0 Å². The van der Waals surface area contributed by atoms with Crippen molar-refractivity contribution in [2.45, 2.75) is 12.0 Å². The summed E-state index contributed by atoms with van der Waals surface area (Å²) in [5, 5.41) is 13.8. The molecule has 0 aromatic heterocycles. The first kappa shape index (κ1) is 14.3. The summed E-state index contributed by atoms with van der Waals surface area (Å²) in [6, 6.07) is 18.0. The summed E-state index contributed by atoms with van der Waals surface area (Å²) >= 11 is 3.41. The van der Waals surface area contributed by atoms with Crippen molar-refractivity contribution in [3.63, 3.8) is 0 Å². The van der Waals surface area contributed by atoms with E-state index in [2.05, 4.69) is 33.4 Å². The molecule has 100 valence electrons. The molecule has 0 fully saturated rings. The van der Waals surface area contributed by atoms with Crippen LogP contribution in [0.5, 0.6) is 0 Å². The molecular formula is C16H18BrNO. The highest BCUT2D eigenvalue weighted by Crippen LogP contribution is 2.30. The third kappa shape index (κ3) is 3.66. The Morgan fingerprint density at radius 2 is 1.63 bits per heavy atom. The van der Waals surface area contributed by atoms with Crippen molar-refractivity contribution in [2.24, 2.45) is 0 Å². The van der Waals surface area contributed by atoms with Gasteiger partial charge in [0.25, 0.3) is 0 Å². The van der Waals surface area contributed by atoms with E-state index < -0.39 is 6.10 Å². The van der Waals surface area contributed by atoms with Gasteiger partial charge in [0.15, 0.2) is 0 Å². The van der Waals surface area contributed by atoms with E-state index in [0.29, 0.717) is 0 Å². The van der Waals surface area contributed by atoms with Crippen LogP contribution < -0.4 is 5.32 Å². The summed E-state index contributed by atoms with van der Waals surface area (Å²) in [5.74, 6) is 0.0485. The van der Waals surface area contributed by atoms with Crippen LogP contribution in [0.25, 0.3) is 0 Å². The molecule has 3 heteroatoms. The van der Waals surface area contributed by atoms with Gasteiger partial charge in [0.05, 0.1) is 6.10 Å². The number of hydrogen-bond acceptors (Lipinski definition) is 2. The summed E-state index contributed by atoms with van der Waals surface area (Å²) in [6.07, 6.45) is -0.511. The van der Waals surface area contributed by atoms with Gasteiger partial charge in [-0.05, 0) is 30.3 Å². The van der Waals surface area contributed by atoms with Crippen molar-refractivity contribution in [2.75, 3.05) is 13.6 Å². The molecule has 2 N–H and O–H groups in total. The molecule has 0 radical (unpaired) electrons. The molecule has 0 aliphatic carbocycles. The monoisotopic (exact) mass is 319 g/mol. The molecule has 19 heavy (non-hydrogen) atoms. The van der Waals surface area contributed by atoms with Gasteiger partial charge in [-0.15, -0.1) is 0 Å². The number of benzene rings is 2. The largest absolute Gasteiger partial charge is 0.388 e. The van der Waals surface area contributed by atoms with E-state index in [4.69, 9.17) is 0 Å². The Morgan fingerprint density at radius 3 is 2.21 bits per heavy atom. The minimum absolute atomic E-state index is 0.0485. The Bertz CT molecular complexity index is 498. The summed E-state index contributed by atoms with van der Waals surface area (Å²) in [7, 11) is 1.91. The lowest BCUT2D eigenvalue weighted by molar-refractivity contribution is 0.144. The summed E-state index contributed by atoms with van der Waals surface area (Å²) in [5.41, 5.74) is 2.08. The van der Waals surface area contributed by atoms with Crippen LogP contribution in [0.3, 0.4) is 0 Å². The minimum Gasteiger partial charge on any atom is -0.388 e. The number of aliphatic hydroxyl groups excluding tert-OH is 1. The molecule has 0 saturated heterocycles. The predicted octanol–water partition coefficient (Wildman–Crippen LogP) is 3.49. The quantitative estimate of drug-likeness (QED) is 0.884. The number of rotatable bonds is 5. The zero-order valence-corrected chi connectivity index (χ0v) is 12.5. The maximum Gasteiger partial charge on any atom is 0.0870 e. The molecule has 2 aromatic carbocycles. The molecule has 0 aliphatic heterocycles. The van der Waals surface area contributed by atoms with Gasteiger partial charge < -0.3 is 10.4 Å². The molecule has 2 nitrogen and oxygen atoms in total. The number of nitrogens with one attached hydrogen (secondary N) is 1. The maximum atomic E-state index is 10.6. The molecule has 0 bridgehead atoms. The molecule has 2 atom stereocenters. The molecule has 1 unspecified atom stereocenters. The van der Waals surface area contributed by atoms with Gasteiger partial charge in [-0.1, -0.05) is 58.4 Å². The van der Waals surface area contributed by atoms with Crippen LogP contribution in [0.2, 0.25) is 0 Å². The highest BCUT2D eigenvalue weighted by molar-refractivity contribution is 9.10. The van der Waals surface area contributed by atoms with Crippen LogP contribution in [-0.2, 0) is 0 Å². The van der Waals surface area contributed by atoms with Gasteiger partial charge >= 0.3 is 0 Å². The second-order valence-electron chi connectivity index (χ2n) is 4.57. The Balaban J connectivity index is 2.26. The third-order valence-electron chi connectivity index (χ3n) is 3.24. The first-order valence-corrected chi connectivity index (χ1v) is 7.14. The predicted molar refractivity (Wildman–Crippen MR) is 82.2 cm³/mol. The Labute approximate surface area is 122 Å². The van der Waals surface area contributed by atoms with E-state index >= 15 is 0 Å². The first-order chi connectivity index (χ1) is 9.22. The van der Waals surface area contributed by atoms with E-state index in [-0.39, 0.29) is 5.92 Å². The highest BCUT2D eigenvalue weighted by Gasteiger charge is 2.21. The van der Waals surface area contributed by atoms with Crippen LogP contribution in [0, 0.1) is 0 Å². The van der Waals surface area contributed by atoms with Crippen LogP contribution >= 0.6 is 15.9 Å². The average molecular weight is 320 g/mol. The fraction of sp³-hybridized carbons (Fsp3) is 0.250. The molecule has 0 heterocycles. The molecule has 2 aromatic rings. The summed E-state index contributed by atoms with van der Waals surface area (Å²) in [4.78, 5) is 0. The Kier molecular flexibility index (Phi) is 5.14. The first-order valence-electron chi connectivity index (χ1n) is 6.35. The fourth-order valence-corrected chi connectivity index (χ4v) is 2.49. The van der Waals surface area contributed by atoms with Gasteiger partial charge in [-0.3, -0.25) is 0 Å². The lowest BCUT2D eigenvalue weighted by atomic mass is 9.89. The smallest absolute Gasteiger partial charge is 0.0870 e. The topological polar surface area (TPSA) is 32.3 Å². The van der Waals surface area contributed by atoms with Crippen molar-refractivity contribution < 1.29 is 5.11 Å². The zero-order valence-electron chi connectivity index (χ0n) is 10.9. The zero-order chi connectivity index (χ0) is 13.7. The van der Waals surface area contributed by atoms with Crippen molar-refractivity contribution in [1.29, 1.82) is 0 Å². The van der Waals surface area contributed by atoms with Crippen molar-refractivity contribution >= 4 is 15.9 Å². The minimum atomic E-state index is -0.511. The van der Waals surface area contributed by atoms with E-state index in [1.54, 1.807) is 0 Å². The average Bonchev–Trinajstić information content (AvgIpc) is 2.46. The van der Waals surface area contributed by atoms with Crippen molar-refractivity contribution in [1.82, 2.24) is 5.32 Å². The SMILES string of the molecule is CNCC(c1ccccc1)[C@H](O)c1ccc(Br)cc1. The van der Waals surface area contributed by atoms with Gasteiger partial charge in [-0.2, -0.15) is 0 Å². The van der Waals surface area contributed by atoms with E-state index in [9.17, 15) is 5.11 Å². The molecular weight excluding hydrogens is 302 g/mol.